The third-order valence-electron chi connectivity index (χ3n) is 5.33. The van der Waals surface area contributed by atoms with E-state index in [1.54, 1.807) is 0 Å². The van der Waals surface area contributed by atoms with Crippen molar-refractivity contribution in [1.29, 1.82) is 0 Å². The van der Waals surface area contributed by atoms with Gasteiger partial charge in [0.05, 0.1) is 8.48 Å². The summed E-state index contributed by atoms with van der Waals surface area (Å²) < 4.78 is 6.15. The fourth-order valence-corrected chi connectivity index (χ4v) is 8.58. The van der Waals surface area contributed by atoms with Crippen LogP contribution in [0.3, 0.4) is 0 Å². The summed E-state index contributed by atoms with van der Waals surface area (Å²) in [6.07, 6.45) is 0. The predicted octanol–water partition coefficient (Wildman–Crippen LogP) is 5.16. The molecule has 2 nitrogen and oxygen atoms in total. The van der Waals surface area contributed by atoms with Crippen molar-refractivity contribution in [2.45, 2.75) is 52.7 Å². The minimum absolute atomic E-state index is 0.433. The van der Waals surface area contributed by atoms with Crippen LogP contribution < -0.4 is 0 Å². The van der Waals surface area contributed by atoms with Crippen molar-refractivity contribution in [1.82, 2.24) is 0 Å². The molecule has 2 aliphatic rings. The molecular weight excluding hydrogens is 376 g/mol. The third kappa shape index (κ3) is 4.07. The van der Waals surface area contributed by atoms with Crippen LogP contribution in [0.2, 0.25) is 12.1 Å². The Hall–Kier alpha value is 1.60. The van der Waals surface area contributed by atoms with E-state index >= 15 is 0 Å². The van der Waals surface area contributed by atoms with Crippen LogP contribution in [0.4, 0.5) is 0 Å². The van der Waals surface area contributed by atoms with Gasteiger partial charge in [0.1, 0.15) is 0 Å². The Bertz CT molecular complexity index is 286. The second-order valence-corrected chi connectivity index (χ2v) is 13.4. The molecule has 6 heteroatoms. The van der Waals surface area contributed by atoms with E-state index in [9.17, 15) is 0 Å². The van der Waals surface area contributed by atoms with Crippen LogP contribution in [-0.2, 0) is 25.3 Å². The van der Waals surface area contributed by atoms with Crippen molar-refractivity contribution in [3.05, 3.63) is 4.98 Å². The van der Waals surface area contributed by atoms with Gasteiger partial charge in [0, 0.05) is 6.61 Å². The van der Waals surface area contributed by atoms with Gasteiger partial charge in [0.25, 0.3) is 0 Å². The summed E-state index contributed by atoms with van der Waals surface area (Å²) in [7, 11) is 8.07. The van der Waals surface area contributed by atoms with Crippen molar-refractivity contribution in [2.24, 2.45) is 23.7 Å². The van der Waals surface area contributed by atoms with E-state index in [0.29, 0.717) is 6.04 Å². The Morgan fingerprint density at radius 2 is 1.42 bits per heavy atom. The molecule has 0 N–H and O–H groups in total. The van der Waals surface area contributed by atoms with Crippen LogP contribution in [0.25, 0.3) is 4.98 Å². The first-order valence-electron chi connectivity index (χ1n) is 7.10. The average molecular weight is 403 g/mol. The molecule has 0 aromatic heterocycles. The van der Waals surface area contributed by atoms with Gasteiger partial charge in [-0.25, -0.2) is 0 Å². The zero-order chi connectivity index (χ0) is 14.8. The summed E-state index contributed by atoms with van der Waals surface area (Å²) >= 11 is -0.826. The first-order chi connectivity index (χ1) is 8.78. The van der Waals surface area contributed by atoms with E-state index in [1.807, 2.05) is 0 Å². The Labute approximate surface area is 138 Å². The first kappa shape index (κ1) is 18.6. The van der Waals surface area contributed by atoms with Crippen molar-refractivity contribution in [3.63, 3.8) is 0 Å². The number of nitrogens with zero attached hydrogens (tertiary/aromatic N) is 1. The van der Waals surface area contributed by atoms with Gasteiger partial charge >= 0.3 is 37.9 Å². The van der Waals surface area contributed by atoms with Gasteiger partial charge in [-0.3, -0.25) is 0 Å². The molecule has 1 aliphatic carbocycles. The van der Waals surface area contributed by atoms with Gasteiger partial charge in [0.15, 0.2) is 0 Å². The van der Waals surface area contributed by atoms with E-state index in [0.717, 1.165) is 35.8 Å². The average Bonchev–Trinajstić information content (AvgIpc) is 2.76. The molecule has 19 heavy (non-hydrogen) atoms. The maximum atomic E-state index is 6.15. The zero-order valence-corrected chi connectivity index (χ0v) is 17.8. The summed E-state index contributed by atoms with van der Waals surface area (Å²) in [5.74, 6) is 3.18. The van der Waals surface area contributed by atoms with Gasteiger partial charge in [-0.2, -0.15) is 0 Å². The van der Waals surface area contributed by atoms with Crippen LogP contribution in [0.5, 0.6) is 0 Å². The van der Waals surface area contributed by atoms with E-state index in [1.165, 1.54) is 0 Å². The summed E-state index contributed by atoms with van der Waals surface area (Å²) in [5.41, 5.74) is 0.724. The van der Waals surface area contributed by atoms with E-state index in [-0.39, 0.29) is 0 Å². The van der Waals surface area contributed by atoms with Crippen molar-refractivity contribution < 1.29 is 25.3 Å². The monoisotopic (exact) mass is 400 g/mol. The van der Waals surface area contributed by atoms with Crippen molar-refractivity contribution >= 4 is 25.5 Å². The second kappa shape index (κ2) is 7.74. The molecule has 6 atom stereocenters. The molecule has 1 saturated heterocycles. The van der Waals surface area contributed by atoms with Crippen LogP contribution in [0.15, 0.2) is 0 Å². The van der Waals surface area contributed by atoms with Gasteiger partial charge < -0.3 is 9.41 Å². The Kier molecular flexibility index (Phi) is 7.60. The van der Waals surface area contributed by atoms with Crippen molar-refractivity contribution in [3.8, 4) is 0 Å². The van der Waals surface area contributed by atoms with Gasteiger partial charge in [-0.1, -0.05) is 41.2 Å². The van der Waals surface area contributed by atoms with Crippen LogP contribution in [0, 0.1) is 23.7 Å². The fraction of sp³-hybridized carbons (Fsp3) is 1.00. The summed E-state index contributed by atoms with van der Waals surface area (Å²) in [6, 6.07) is 0.433. The number of hydrogen-bond acceptors (Lipinski definition) is 1. The van der Waals surface area contributed by atoms with E-state index in [4.69, 9.17) is 26.4 Å². The molecule has 0 radical (unpaired) electrons. The van der Waals surface area contributed by atoms with Crippen molar-refractivity contribution in [2.75, 3.05) is 6.61 Å². The molecule has 0 amide bonds. The summed E-state index contributed by atoms with van der Waals surface area (Å²) in [5, 5.41) is 0. The molecule has 0 aromatic carbocycles. The van der Waals surface area contributed by atoms with Gasteiger partial charge in [-0.05, 0) is 29.2 Å². The second-order valence-electron chi connectivity index (χ2n) is 6.38. The fourth-order valence-electron chi connectivity index (χ4n) is 4.05. The molecule has 1 aliphatic heterocycles. The molecular formula is C13H26Cl2NOSiZr+. The predicted molar refractivity (Wildman–Crippen MR) is 82.5 cm³/mol. The maximum absolute atomic E-state index is 6.15. The van der Waals surface area contributed by atoms with Gasteiger partial charge in [-0.15, -0.1) is 6.04 Å². The van der Waals surface area contributed by atoms with Crippen LogP contribution >= 0.6 is 17.0 Å². The molecule has 0 bridgehead atoms. The number of halogens is 2. The standard InChI is InChI=1S/C13H26NOSi.2ClH.Zr/c1-8-7-15-16(6,14-8)13-11(4)9(2)10(3)12(13)5;;;/h8-13H,7H2,1-6H3;2*1H;/q-1;;;+4/p-2. The van der Waals surface area contributed by atoms with Crippen LogP contribution in [-0.4, -0.2) is 21.1 Å². The van der Waals surface area contributed by atoms with Gasteiger partial charge in [0.2, 0.25) is 0 Å². The minimum atomic E-state index is -1.80. The molecule has 6 unspecified atom stereocenters. The molecule has 2 rings (SSSR count). The Morgan fingerprint density at radius 1 is 1.00 bits per heavy atom. The van der Waals surface area contributed by atoms with Crippen LogP contribution in [0.1, 0.15) is 34.6 Å². The SMILES string of the molecule is CC1CO[Si](C)(C2C(C)C(C)C(C)C2C)[N-]1.[Cl][Zr+2][Cl]. The van der Waals surface area contributed by atoms with E-state index < -0.39 is 29.3 Å². The van der Waals surface area contributed by atoms with E-state index in [2.05, 4.69) is 41.2 Å². The number of rotatable bonds is 1. The molecule has 0 aromatic rings. The zero-order valence-electron chi connectivity index (χ0n) is 12.8. The first-order valence-corrected chi connectivity index (χ1v) is 15.9. The molecule has 1 heterocycles. The topological polar surface area (TPSA) is 23.3 Å². The number of hydrogen-bond donors (Lipinski definition) is 0. The Morgan fingerprint density at radius 3 is 1.74 bits per heavy atom. The molecule has 0 spiro atoms. The molecule has 110 valence electrons. The molecule has 1 saturated carbocycles. The third-order valence-corrected chi connectivity index (χ3v) is 9.33. The molecule has 2 fully saturated rings. The quantitative estimate of drug-likeness (QED) is 0.556. The summed E-state index contributed by atoms with van der Waals surface area (Å²) in [6.45, 7) is 15.0. The Balaban J connectivity index is 0.000000550. The normalized spacial score (nSPS) is 49.5. The summed E-state index contributed by atoms with van der Waals surface area (Å²) in [4.78, 5) is 4.99.